The van der Waals surface area contributed by atoms with Gasteiger partial charge in [0.2, 0.25) is 5.91 Å². The number of nitrogens with one attached hydrogen (secondary N) is 1. The van der Waals surface area contributed by atoms with Crippen LogP contribution in [0.4, 0.5) is 0 Å². The van der Waals surface area contributed by atoms with Crippen molar-refractivity contribution in [1.29, 1.82) is 0 Å². The molecule has 0 bridgehead atoms. The van der Waals surface area contributed by atoms with Crippen molar-refractivity contribution < 1.29 is 9.53 Å². The summed E-state index contributed by atoms with van der Waals surface area (Å²) < 4.78 is 8.25. The van der Waals surface area contributed by atoms with Gasteiger partial charge >= 0.3 is 5.69 Å². The molecular formula is C25H25N3O4S. The molecule has 170 valence electrons. The number of aryl methyl sites for hydroxylation is 1. The number of fused-ring (bicyclic) bond motifs is 1. The number of ether oxygens (including phenoxy) is 1. The molecule has 0 aliphatic heterocycles. The third-order valence-electron chi connectivity index (χ3n) is 5.42. The van der Waals surface area contributed by atoms with Crippen molar-refractivity contribution in [1.82, 2.24) is 14.5 Å². The molecule has 0 saturated carbocycles. The number of benzene rings is 2. The minimum atomic E-state index is -0.506. The maximum absolute atomic E-state index is 13.2. The number of hydrogen-bond acceptors (Lipinski definition) is 5. The van der Waals surface area contributed by atoms with E-state index in [1.165, 1.54) is 26.0 Å². The molecule has 0 radical (unpaired) electrons. The first-order valence-corrected chi connectivity index (χ1v) is 11.6. The lowest BCUT2D eigenvalue weighted by Crippen LogP contribution is -2.42. The highest BCUT2D eigenvalue weighted by atomic mass is 32.1. The number of amides is 1. The molecule has 8 heteroatoms. The summed E-state index contributed by atoms with van der Waals surface area (Å²) in [6.45, 7) is 0.468. The Morgan fingerprint density at radius 1 is 1.00 bits per heavy atom. The van der Waals surface area contributed by atoms with Crippen LogP contribution in [0.3, 0.4) is 0 Å². The molecule has 0 fully saturated rings. The number of carbonyl (C=O) groups is 1. The maximum Gasteiger partial charge on any atom is 0.332 e. The molecule has 4 rings (SSSR count). The van der Waals surface area contributed by atoms with E-state index in [1.54, 1.807) is 30.7 Å². The Morgan fingerprint density at radius 2 is 1.79 bits per heavy atom. The van der Waals surface area contributed by atoms with Crippen LogP contribution in [-0.4, -0.2) is 28.7 Å². The van der Waals surface area contributed by atoms with Crippen molar-refractivity contribution >= 4 is 27.5 Å². The van der Waals surface area contributed by atoms with Gasteiger partial charge in [0.25, 0.3) is 5.56 Å². The molecule has 1 N–H and O–H groups in total. The summed E-state index contributed by atoms with van der Waals surface area (Å²) in [5, 5.41) is 4.64. The Kier molecular flexibility index (Phi) is 7.04. The third kappa shape index (κ3) is 5.23. The molecule has 7 nitrogen and oxygen atoms in total. The summed E-state index contributed by atoms with van der Waals surface area (Å²) in [6, 6.07) is 19.0. The number of thiophene rings is 1. The van der Waals surface area contributed by atoms with Gasteiger partial charge in [0.1, 0.15) is 17.0 Å². The van der Waals surface area contributed by atoms with Crippen LogP contribution in [0.1, 0.15) is 17.5 Å². The van der Waals surface area contributed by atoms with Gasteiger partial charge in [0.05, 0.1) is 19.2 Å². The molecule has 0 aliphatic carbocycles. The van der Waals surface area contributed by atoms with Crippen LogP contribution in [0.25, 0.3) is 10.2 Å². The molecule has 0 unspecified atom stereocenters. The zero-order valence-electron chi connectivity index (χ0n) is 18.3. The smallest absolute Gasteiger partial charge is 0.332 e. The fourth-order valence-electron chi connectivity index (χ4n) is 3.74. The maximum atomic E-state index is 13.2. The number of carbonyl (C=O) groups excluding carboxylic acids is 1. The molecule has 0 atom stereocenters. The van der Waals surface area contributed by atoms with Gasteiger partial charge in [-0.2, -0.15) is 0 Å². The highest BCUT2D eigenvalue weighted by Crippen LogP contribution is 2.17. The number of hydrogen-bond donors (Lipinski definition) is 1. The van der Waals surface area contributed by atoms with Crippen LogP contribution in [0.2, 0.25) is 0 Å². The fraction of sp³-hybridized carbons (Fsp3) is 0.240. The quantitative estimate of drug-likeness (QED) is 0.387. The Morgan fingerprint density at radius 3 is 2.58 bits per heavy atom. The van der Waals surface area contributed by atoms with E-state index in [0.29, 0.717) is 22.5 Å². The average molecular weight is 464 g/mol. The molecule has 0 spiro atoms. The predicted molar refractivity (Wildman–Crippen MR) is 130 cm³/mol. The van der Waals surface area contributed by atoms with Gasteiger partial charge in [-0.15, -0.1) is 11.3 Å². The lowest BCUT2D eigenvalue weighted by Gasteiger charge is -2.13. The third-order valence-corrected chi connectivity index (χ3v) is 6.31. The zero-order chi connectivity index (χ0) is 23.2. The number of nitrogens with zero attached hydrogens (tertiary/aromatic N) is 2. The number of methoxy groups -OCH3 is 1. The molecule has 2 aromatic heterocycles. The van der Waals surface area contributed by atoms with Crippen LogP contribution >= 0.6 is 11.3 Å². The second kappa shape index (κ2) is 10.3. The van der Waals surface area contributed by atoms with Crippen molar-refractivity contribution in [2.75, 3.05) is 13.7 Å². The fourth-order valence-corrected chi connectivity index (χ4v) is 4.59. The monoisotopic (exact) mass is 463 g/mol. The normalized spacial score (nSPS) is 10.9. The largest absolute Gasteiger partial charge is 0.497 e. The van der Waals surface area contributed by atoms with E-state index in [0.717, 1.165) is 18.4 Å². The summed E-state index contributed by atoms with van der Waals surface area (Å²) >= 11 is 1.27. The molecule has 1 amide bonds. The predicted octanol–water partition coefficient (Wildman–Crippen LogP) is 3.03. The molecule has 33 heavy (non-hydrogen) atoms. The average Bonchev–Trinajstić information content (AvgIpc) is 3.33. The van der Waals surface area contributed by atoms with Gasteiger partial charge in [-0.3, -0.25) is 18.7 Å². The van der Waals surface area contributed by atoms with E-state index in [4.69, 9.17) is 4.74 Å². The van der Waals surface area contributed by atoms with E-state index in [-0.39, 0.29) is 24.6 Å². The molecule has 0 saturated heterocycles. The highest BCUT2D eigenvalue weighted by Gasteiger charge is 2.16. The van der Waals surface area contributed by atoms with Crippen LogP contribution in [-0.2, 0) is 24.3 Å². The summed E-state index contributed by atoms with van der Waals surface area (Å²) in [5.74, 6) is 0.386. The second-order valence-electron chi connectivity index (χ2n) is 7.69. The van der Waals surface area contributed by atoms with Crippen LogP contribution < -0.4 is 21.3 Å². The summed E-state index contributed by atoms with van der Waals surface area (Å²) in [7, 11) is 1.56. The SMILES string of the molecule is COc1cccc(Cn2c(=O)c3sccc3n(CC(=O)NCCCc3ccccc3)c2=O)c1. The van der Waals surface area contributed by atoms with Gasteiger partial charge in [0, 0.05) is 6.54 Å². The van der Waals surface area contributed by atoms with Crippen molar-refractivity contribution in [3.8, 4) is 5.75 Å². The van der Waals surface area contributed by atoms with Gasteiger partial charge in [-0.05, 0) is 47.5 Å². The number of aromatic nitrogens is 2. The first-order valence-electron chi connectivity index (χ1n) is 10.7. The lowest BCUT2D eigenvalue weighted by atomic mass is 10.1. The molecule has 0 aliphatic rings. The Bertz CT molecular complexity index is 1370. The Balaban J connectivity index is 1.52. The molecule has 2 heterocycles. The summed E-state index contributed by atoms with van der Waals surface area (Å²) in [4.78, 5) is 38.8. The summed E-state index contributed by atoms with van der Waals surface area (Å²) in [6.07, 6.45) is 1.66. The Labute approximate surface area is 194 Å². The van der Waals surface area contributed by atoms with E-state index in [2.05, 4.69) is 17.4 Å². The van der Waals surface area contributed by atoms with Crippen LogP contribution in [0, 0.1) is 0 Å². The second-order valence-corrected chi connectivity index (χ2v) is 8.60. The van der Waals surface area contributed by atoms with E-state index < -0.39 is 5.69 Å². The van der Waals surface area contributed by atoms with E-state index >= 15 is 0 Å². The van der Waals surface area contributed by atoms with E-state index in [1.807, 2.05) is 30.3 Å². The molecular weight excluding hydrogens is 438 g/mol. The highest BCUT2D eigenvalue weighted by molar-refractivity contribution is 7.17. The van der Waals surface area contributed by atoms with Crippen LogP contribution in [0.5, 0.6) is 5.75 Å². The minimum absolute atomic E-state index is 0.0986. The standard InChI is InChI=1S/C25H25N3O4S/c1-32-20-11-5-9-19(15-20)16-28-24(30)23-21(12-14-33-23)27(25(28)31)17-22(29)26-13-6-10-18-7-3-2-4-8-18/h2-5,7-9,11-12,14-15H,6,10,13,16-17H2,1H3,(H,26,29). The first-order chi connectivity index (χ1) is 16.1. The van der Waals surface area contributed by atoms with Gasteiger partial charge < -0.3 is 10.1 Å². The topological polar surface area (TPSA) is 82.3 Å². The van der Waals surface area contributed by atoms with Crippen LogP contribution in [0.15, 0.2) is 75.6 Å². The Hall–Kier alpha value is -3.65. The van der Waals surface area contributed by atoms with Crippen molar-refractivity contribution in [2.24, 2.45) is 0 Å². The minimum Gasteiger partial charge on any atom is -0.497 e. The lowest BCUT2D eigenvalue weighted by molar-refractivity contribution is -0.121. The zero-order valence-corrected chi connectivity index (χ0v) is 19.1. The van der Waals surface area contributed by atoms with Gasteiger partial charge in [-0.25, -0.2) is 4.79 Å². The number of rotatable bonds is 9. The molecule has 2 aromatic carbocycles. The summed E-state index contributed by atoms with van der Waals surface area (Å²) in [5.41, 5.74) is 1.60. The van der Waals surface area contributed by atoms with Gasteiger partial charge in [-0.1, -0.05) is 42.5 Å². The van der Waals surface area contributed by atoms with Crippen molar-refractivity contribution in [2.45, 2.75) is 25.9 Å². The first kappa shape index (κ1) is 22.5. The molecule has 4 aromatic rings. The van der Waals surface area contributed by atoms with Gasteiger partial charge in [0.15, 0.2) is 0 Å². The van der Waals surface area contributed by atoms with Crippen molar-refractivity contribution in [3.05, 3.63) is 98.0 Å². The van der Waals surface area contributed by atoms with Crippen molar-refractivity contribution in [3.63, 3.8) is 0 Å². The van der Waals surface area contributed by atoms with E-state index in [9.17, 15) is 14.4 Å².